The molecule has 140 valence electrons. The first-order valence-corrected chi connectivity index (χ1v) is 9.20. The molecule has 0 radical (unpaired) electrons. The van der Waals surface area contributed by atoms with E-state index < -0.39 is 0 Å². The summed E-state index contributed by atoms with van der Waals surface area (Å²) in [7, 11) is 1.62. The van der Waals surface area contributed by atoms with Crippen LogP contribution in [0.1, 0.15) is 23.1 Å². The minimum Gasteiger partial charge on any atom is -0.497 e. The molecule has 28 heavy (non-hydrogen) atoms. The predicted octanol–water partition coefficient (Wildman–Crippen LogP) is 2.99. The number of ether oxygens (including phenoxy) is 1. The third kappa shape index (κ3) is 2.94. The first kappa shape index (κ1) is 16.7. The van der Waals surface area contributed by atoms with Crippen molar-refractivity contribution < 1.29 is 9.15 Å². The number of nitrogens with zero attached hydrogens (tertiary/aromatic N) is 4. The second-order valence-corrected chi connectivity index (χ2v) is 6.94. The van der Waals surface area contributed by atoms with Gasteiger partial charge in [0.15, 0.2) is 0 Å². The van der Waals surface area contributed by atoms with Crippen LogP contribution in [0.25, 0.3) is 22.4 Å². The van der Waals surface area contributed by atoms with Crippen molar-refractivity contribution in [2.24, 2.45) is 0 Å². The summed E-state index contributed by atoms with van der Waals surface area (Å²) in [6.45, 7) is 0.345. The molecule has 0 atom stereocenters. The third-order valence-electron chi connectivity index (χ3n) is 5.14. The molecule has 0 fully saturated rings. The van der Waals surface area contributed by atoms with Crippen molar-refractivity contribution in [2.75, 3.05) is 7.11 Å². The zero-order valence-corrected chi connectivity index (χ0v) is 15.4. The fraction of sp³-hybridized carbons (Fsp3) is 0.238. The smallest absolute Gasteiger partial charge is 0.336 e. The largest absolute Gasteiger partial charge is 0.497 e. The van der Waals surface area contributed by atoms with E-state index in [-0.39, 0.29) is 5.63 Å². The van der Waals surface area contributed by atoms with E-state index in [0.717, 1.165) is 41.5 Å². The molecule has 1 aliphatic carbocycles. The predicted molar refractivity (Wildman–Crippen MR) is 103 cm³/mol. The van der Waals surface area contributed by atoms with Crippen LogP contribution in [0, 0.1) is 0 Å². The normalized spacial score (nSPS) is 13.0. The standard InChI is InChI=1S/C21H18N4O3/c1-27-17-7-3-6-15(8-17)21-22-24-25(23-21)12-16-11-20(26)28-19-10-14-5-2-4-13(14)9-18(16)19/h3,6-11H,2,4-5,12H2,1H3. The van der Waals surface area contributed by atoms with Gasteiger partial charge in [-0.25, -0.2) is 4.79 Å². The molecule has 7 heteroatoms. The number of tetrazole rings is 1. The van der Waals surface area contributed by atoms with E-state index in [1.807, 2.05) is 30.3 Å². The van der Waals surface area contributed by atoms with Gasteiger partial charge < -0.3 is 9.15 Å². The number of hydrogen-bond donors (Lipinski definition) is 0. The molecule has 4 aromatic rings. The average Bonchev–Trinajstić information content (AvgIpc) is 3.35. The molecule has 0 saturated heterocycles. The van der Waals surface area contributed by atoms with Crippen LogP contribution in [0.15, 0.2) is 51.7 Å². The molecule has 2 aromatic carbocycles. The van der Waals surface area contributed by atoms with Gasteiger partial charge in [0.25, 0.3) is 0 Å². The molecule has 7 nitrogen and oxygen atoms in total. The van der Waals surface area contributed by atoms with Crippen LogP contribution in [0.3, 0.4) is 0 Å². The Morgan fingerprint density at radius 3 is 2.86 bits per heavy atom. The highest BCUT2D eigenvalue weighted by molar-refractivity contribution is 5.82. The lowest BCUT2D eigenvalue weighted by molar-refractivity contribution is 0.415. The number of hydrogen-bond acceptors (Lipinski definition) is 6. The molecule has 0 amide bonds. The van der Waals surface area contributed by atoms with Gasteiger partial charge in [0.1, 0.15) is 11.3 Å². The zero-order chi connectivity index (χ0) is 19.1. The lowest BCUT2D eigenvalue weighted by Crippen LogP contribution is -2.08. The number of benzene rings is 2. The molecule has 5 rings (SSSR count). The van der Waals surface area contributed by atoms with E-state index in [0.29, 0.717) is 18.0 Å². The summed E-state index contributed by atoms with van der Waals surface area (Å²) in [6, 6.07) is 13.1. The number of rotatable bonds is 4. The van der Waals surface area contributed by atoms with Crippen LogP contribution in [0.2, 0.25) is 0 Å². The molecule has 0 unspecified atom stereocenters. The first-order chi connectivity index (χ1) is 13.7. The molecule has 2 aromatic heterocycles. The van der Waals surface area contributed by atoms with Crippen molar-refractivity contribution in [3.8, 4) is 17.1 Å². The maximum atomic E-state index is 12.0. The van der Waals surface area contributed by atoms with Crippen LogP contribution in [-0.2, 0) is 19.4 Å². The highest BCUT2D eigenvalue weighted by Gasteiger charge is 2.16. The fourth-order valence-corrected chi connectivity index (χ4v) is 3.77. The summed E-state index contributed by atoms with van der Waals surface area (Å²) in [4.78, 5) is 13.5. The first-order valence-electron chi connectivity index (χ1n) is 9.20. The molecule has 0 saturated carbocycles. The van der Waals surface area contributed by atoms with Crippen molar-refractivity contribution >= 4 is 11.0 Å². The monoisotopic (exact) mass is 374 g/mol. The Hall–Kier alpha value is -3.48. The lowest BCUT2D eigenvalue weighted by Gasteiger charge is -2.07. The second kappa shape index (κ2) is 6.60. The average molecular weight is 374 g/mol. The zero-order valence-electron chi connectivity index (χ0n) is 15.4. The van der Waals surface area contributed by atoms with Crippen molar-refractivity contribution in [3.05, 3.63) is 69.6 Å². The van der Waals surface area contributed by atoms with E-state index >= 15 is 0 Å². The van der Waals surface area contributed by atoms with Crippen LogP contribution < -0.4 is 10.4 Å². The summed E-state index contributed by atoms with van der Waals surface area (Å²) >= 11 is 0. The van der Waals surface area contributed by atoms with Gasteiger partial charge in [-0.3, -0.25) is 0 Å². The summed E-state index contributed by atoms with van der Waals surface area (Å²) < 4.78 is 10.7. The highest BCUT2D eigenvalue weighted by Crippen LogP contribution is 2.29. The van der Waals surface area contributed by atoms with Gasteiger partial charge in [-0.2, -0.15) is 4.80 Å². The maximum Gasteiger partial charge on any atom is 0.336 e. The number of aryl methyl sites for hydroxylation is 2. The summed E-state index contributed by atoms with van der Waals surface area (Å²) in [5, 5.41) is 13.7. The molecular formula is C21H18N4O3. The SMILES string of the molecule is COc1cccc(-c2nnn(Cc3cc(=O)oc4cc5c(cc34)CCC5)n2)c1. The van der Waals surface area contributed by atoms with Crippen molar-refractivity contribution in [3.63, 3.8) is 0 Å². The van der Waals surface area contributed by atoms with Crippen LogP contribution in [0.4, 0.5) is 0 Å². The van der Waals surface area contributed by atoms with E-state index in [2.05, 4.69) is 21.5 Å². The van der Waals surface area contributed by atoms with Crippen molar-refractivity contribution in [1.29, 1.82) is 0 Å². The third-order valence-corrected chi connectivity index (χ3v) is 5.14. The van der Waals surface area contributed by atoms with Crippen molar-refractivity contribution in [1.82, 2.24) is 20.2 Å². The molecule has 0 bridgehead atoms. The molecule has 2 heterocycles. The Bertz CT molecular complexity index is 1240. The number of aromatic nitrogens is 4. The summed E-state index contributed by atoms with van der Waals surface area (Å²) in [5.41, 5.74) is 4.50. The maximum absolute atomic E-state index is 12.0. The topological polar surface area (TPSA) is 83.0 Å². The molecule has 0 N–H and O–H groups in total. The van der Waals surface area contributed by atoms with Gasteiger partial charge in [0.05, 0.1) is 13.7 Å². The molecule has 0 aliphatic heterocycles. The number of fused-ring (bicyclic) bond motifs is 2. The quantitative estimate of drug-likeness (QED) is 0.511. The summed E-state index contributed by atoms with van der Waals surface area (Å²) in [5.74, 6) is 1.24. The molecule has 1 aliphatic rings. The van der Waals surface area contributed by atoms with Crippen LogP contribution in [-0.4, -0.2) is 27.3 Å². The van der Waals surface area contributed by atoms with Crippen molar-refractivity contribution in [2.45, 2.75) is 25.8 Å². The lowest BCUT2D eigenvalue weighted by atomic mass is 10.0. The van der Waals surface area contributed by atoms with E-state index in [9.17, 15) is 4.79 Å². The fourth-order valence-electron chi connectivity index (χ4n) is 3.77. The Labute approximate surface area is 160 Å². The second-order valence-electron chi connectivity index (χ2n) is 6.94. The van der Waals surface area contributed by atoms with Gasteiger partial charge in [-0.05, 0) is 65.4 Å². The molecule has 0 spiro atoms. The van der Waals surface area contributed by atoms with E-state index in [4.69, 9.17) is 9.15 Å². The van der Waals surface area contributed by atoms with Crippen LogP contribution in [0.5, 0.6) is 5.75 Å². The van der Waals surface area contributed by atoms with E-state index in [1.54, 1.807) is 7.11 Å². The van der Waals surface area contributed by atoms with Gasteiger partial charge in [0, 0.05) is 17.0 Å². The van der Waals surface area contributed by atoms with Gasteiger partial charge in [-0.15, -0.1) is 10.2 Å². The Morgan fingerprint density at radius 1 is 1.14 bits per heavy atom. The Kier molecular flexibility index (Phi) is 3.93. The Balaban J connectivity index is 1.52. The molecular weight excluding hydrogens is 356 g/mol. The summed E-state index contributed by atoms with van der Waals surface area (Å²) in [6.07, 6.45) is 3.24. The Morgan fingerprint density at radius 2 is 2.00 bits per heavy atom. The highest BCUT2D eigenvalue weighted by atomic mass is 16.5. The van der Waals surface area contributed by atoms with Gasteiger partial charge >= 0.3 is 5.63 Å². The minimum absolute atomic E-state index is 0.345. The number of methoxy groups -OCH3 is 1. The van der Waals surface area contributed by atoms with Crippen LogP contribution >= 0.6 is 0 Å². The van der Waals surface area contributed by atoms with E-state index in [1.165, 1.54) is 22.0 Å². The van der Waals surface area contributed by atoms with Gasteiger partial charge in [-0.1, -0.05) is 12.1 Å². The van der Waals surface area contributed by atoms with Gasteiger partial charge in [0.2, 0.25) is 5.82 Å². The minimum atomic E-state index is -0.367.